The van der Waals surface area contributed by atoms with Crippen molar-refractivity contribution in [2.75, 3.05) is 0 Å². The highest BCUT2D eigenvalue weighted by molar-refractivity contribution is 5.93. The Morgan fingerprint density at radius 2 is 2.00 bits per heavy atom. The molecular formula is C16H15F2N3O. The highest BCUT2D eigenvalue weighted by Crippen LogP contribution is 2.38. The molecule has 1 amide bonds. The van der Waals surface area contributed by atoms with E-state index >= 15 is 0 Å². The van der Waals surface area contributed by atoms with Crippen LogP contribution in [-0.2, 0) is 0 Å². The third kappa shape index (κ3) is 2.68. The number of hydrogen-bond donors (Lipinski definition) is 1. The van der Waals surface area contributed by atoms with Crippen molar-refractivity contribution in [3.05, 3.63) is 59.2 Å². The Morgan fingerprint density at radius 3 is 2.64 bits per heavy atom. The fraction of sp³-hybridized carbons (Fsp3) is 0.312. The number of carbonyl (C=O) groups excluding carboxylic acids is 1. The molecule has 0 radical (unpaired) electrons. The Morgan fingerprint density at radius 1 is 1.23 bits per heavy atom. The molecule has 3 rings (SSSR count). The van der Waals surface area contributed by atoms with Crippen LogP contribution < -0.4 is 5.32 Å². The van der Waals surface area contributed by atoms with Gasteiger partial charge in [-0.25, -0.2) is 13.8 Å². The molecule has 0 aliphatic heterocycles. The number of hydrogen-bond acceptors (Lipinski definition) is 3. The number of aryl methyl sites for hydroxylation is 1. The van der Waals surface area contributed by atoms with Crippen LogP contribution >= 0.6 is 0 Å². The summed E-state index contributed by atoms with van der Waals surface area (Å²) in [6.45, 7) is 1.71. The van der Waals surface area contributed by atoms with Gasteiger partial charge in [-0.2, -0.15) is 0 Å². The standard InChI is InChI=1S/C16H15F2N3O/c1-9-15(20-7-6-19-9)16(22)21-14-5-4-12(14)11-3-2-10(17)8-13(11)18/h2-3,6-8,12,14H,4-5H2,1H3,(H,21,22)/t12-,14-/m0/s1. The average molecular weight is 303 g/mol. The Hall–Kier alpha value is -2.37. The molecule has 1 N–H and O–H groups in total. The van der Waals surface area contributed by atoms with Crippen LogP contribution in [0.15, 0.2) is 30.6 Å². The number of nitrogens with one attached hydrogen (secondary N) is 1. The lowest BCUT2D eigenvalue weighted by Crippen LogP contribution is -2.46. The molecule has 2 atom stereocenters. The smallest absolute Gasteiger partial charge is 0.271 e. The van der Waals surface area contributed by atoms with Crippen molar-refractivity contribution < 1.29 is 13.6 Å². The third-order valence-electron chi connectivity index (χ3n) is 4.05. The fourth-order valence-electron chi connectivity index (χ4n) is 2.71. The molecule has 0 spiro atoms. The SMILES string of the molecule is Cc1nccnc1C(=O)N[C@H]1CC[C@H]1c1ccc(F)cc1F. The third-order valence-corrected chi connectivity index (χ3v) is 4.05. The van der Waals surface area contributed by atoms with E-state index in [9.17, 15) is 13.6 Å². The maximum Gasteiger partial charge on any atom is 0.271 e. The molecule has 2 aromatic rings. The first kappa shape index (κ1) is 14.6. The summed E-state index contributed by atoms with van der Waals surface area (Å²) in [5, 5.41) is 2.86. The van der Waals surface area contributed by atoms with Crippen molar-refractivity contribution in [1.82, 2.24) is 15.3 Å². The van der Waals surface area contributed by atoms with Gasteiger partial charge in [-0.05, 0) is 31.4 Å². The monoisotopic (exact) mass is 303 g/mol. The summed E-state index contributed by atoms with van der Waals surface area (Å²) in [7, 11) is 0. The number of nitrogens with zero attached hydrogens (tertiary/aromatic N) is 2. The topological polar surface area (TPSA) is 54.9 Å². The molecule has 1 aromatic heterocycles. The molecule has 0 bridgehead atoms. The summed E-state index contributed by atoms with van der Waals surface area (Å²) in [5.74, 6) is -1.62. The lowest BCUT2D eigenvalue weighted by molar-refractivity contribution is 0.0897. The van der Waals surface area contributed by atoms with Crippen LogP contribution in [0.2, 0.25) is 0 Å². The number of aromatic nitrogens is 2. The van der Waals surface area contributed by atoms with Crippen molar-refractivity contribution in [3.63, 3.8) is 0 Å². The Balaban J connectivity index is 1.74. The summed E-state index contributed by atoms with van der Waals surface area (Å²) < 4.78 is 26.8. The summed E-state index contributed by atoms with van der Waals surface area (Å²) in [4.78, 5) is 20.3. The van der Waals surface area contributed by atoms with Gasteiger partial charge in [0.25, 0.3) is 5.91 Å². The van der Waals surface area contributed by atoms with Gasteiger partial charge in [-0.3, -0.25) is 9.78 Å². The van der Waals surface area contributed by atoms with Gasteiger partial charge in [-0.15, -0.1) is 0 Å². The van der Waals surface area contributed by atoms with E-state index in [0.717, 1.165) is 18.9 Å². The first-order valence-corrected chi connectivity index (χ1v) is 7.09. The number of halogens is 2. The second-order valence-corrected chi connectivity index (χ2v) is 5.42. The first-order valence-electron chi connectivity index (χ1n) is 7.09. The van der Waals surface area contributed by atoms with E-state index in [0.29, 0.717) is 11.3 Å². The van der Waals surface area contributed by atoms with Gasteiger partial charge in [0.05, 0.1) is 5.69 Å². The van der Waals surface area contributed by atoms with Crippen LogP contribution in [0.5, 0.6) is 0 Å². The first-order chi connectivity index (χ1) is 10.6. The van der Waals surface area contributed by atoms with E-state index in [1.54, 1.807) is 6.92 Å². The van der Waals surface area contributed by atoms with Gasteiger partial charge in [0, 0.05) is 30.4 Å². The molecule has 0 unspecified atom stereocenters. The van der Waals surface area contributed by atoms with Crippen molar-refractivity contribution in [2.24, 2.45) is 0 Å². The summed E-state index contributed by atoms with van der Waals surface area (Å²) in [6.07, 6.45) is 4.49. The maximum absolute atomic E-state index is 13.8. The molecule has 1 saturated carbocycles. The van der Waals surface area contributed by atoms with Gasteiger partial charge in [-0.1, -0.05) is 6.07 Å². The summed E-state index contributed by atoms with van der Waals surface area (Å²) in [5.41, 5.74) is 1.25. The van der Waals surface area contributed by atoms with E-state index in [1.807, 2.05) is 0 Å². The Bertz CT molecular complexity index is 720. The van der Waals surface area contributed by atoms with Gasteiger partial charge in [0.1, 0.15) is 17.3 Å². The largest absolute Gasteiger partial charge is 0.347 e. The van der Waals surface area contributed by atoms with Crippen LogP contribution in [0.4, 0.5) is 8.78 Å². The lowest BCUT2D eigenvalue weighted by Gasteiger charge is -2.37. The van der Waals surface area contributed by atoms with Gasteiger partial charge < -0.3 is 5.32 Å². The molecular weight excluding hydrogens is 288 g/mol. The minimum atomic E-state index is -0.601. The average Bonchev–Trinajstić information content (AvgIpc) is 2.46. The van der Waals surface area contributed by atoms with E-state index in [2.05, 4.69) is 15.3 Å². The van der Waals surface area contributed by atoms with E-state index in [4.69, 9.17) is 0 Å². The van der Waals surface area contributed by atoms with Crippen molar-refractivity contribution in [2.45, 2.75) is 31.7 Å². The number of benzene rings is 1. The molecule has 1 heterocycles. The predicted octanol–water partition coefficient (Wildman–Crippen LogP) is 2.74. The molecule has 22 heavy (non-hydrogen) atoms. The zero-order chi connectivity index (χ0) is 15.7. The predicted molar refractivity (Wildman–Crippen MR) is 76.4 cm³/mol. The van der Waals surface area contributed by atoms with E-state index in [1.165, 1.54) is 24.5 Å². The second kappa shape index (κ2) is 5.79. The van der Waals surface area contributed by atoms with E-state index in [-0.39, 0.29) is 23.6 Å². The number of carbonyl (C=O) groups is 1. The fourth-order valence-corrected chi connectivity index (χ4v) is 2.71. The normalized spacial score (nSPS) is 20.3. The minimum absolute atomic E-state index is 0.137. The lowest BCUT2D eigenvalue weighted by atomic mass is 9.74. The van der Waals surface area contributed by atoms with E-state index < -0.39 is 11.6 Å². The quantitative estimate of drug-likeness (QED) is 0.948. The molecule has 1 aliphatic carbocycles. The summed E-state index contributed by atoms with van der Waals surface area (Å²) >= 11 is 0. The van der Waals surface area contributed by atoms with Crippen molar-refractivity contribution in [3.8, 4) is 0 Å². The number of amides is 1. The van der Waals surface area contributed by atoms with Gasteiger partial charge >= 0.3 is 0 Å². The zero-order valence-corrected chi connectivity index (χ0v) is 12.0. The Kier molecular flexibility index (Phi) is 3.83. The minimum Gasteiger partial charge on any atom is -0.347 e. The summed E-state index contributed by atoms with van der Waals surface area (Å²) in [6, 6.07) is 3.39. The molecule has 0 saturated heterocycles. The highest BCUT2D eigenvalue weighted by Gasteiger charge is 2.35. The van der Waals surface area contributed by atoms with Gasteiger partial charge in [0.2, 0.25) is 0 Å². The zero-order valence-electron chi connectivity index (χ0n) is 12.0. The molecule has 114 valence electrons. The second-order valence-electron chi connectivity index (χ2n) is 5.42. The molecule has 4 nitrogen and oxygen atoms in total. The van der Waals surface area contributed by atoms with Crippen LogP contribution in [0.25, 0.3) is 0 Å². The van der Waals surface area contributed by atoms with Crippen LogP contribution in [0.1, 0.15) is 40.5 Å². The maximum atomic E-state index is 13.8. The van der Waals surface area contributed by atoms with Crippen molar-refractivity contribution >= 4 is 5.91 Å². The number of rotatable bonds is 3. The van der Waals surface area contributed by atoms with Gasteiger partial charge in [0.15, 0.2) is 0 Å². The molecule has 1 fully saturated rings. The highest BCUT2D eigenvalue weighted by atomic mass is 19.1. The van der Waals surface area contributed by atoms with Crippen LogP contribution in [-0.4, -0.2) is 21.9 Å². The van der Waals surface area contributed by atoms with Crippen LogP contribution in [0.3, 0.4) is 0 Å². The Labute approximate surface area is 126 Å². The van der Waals surface area contributed by atoms with Crippen LogP contribution in [0, 0.1) is 18.6 Å². The van der Waals surface area contributed by atoms with Crippen molar-refractivity contribution in [1.29, 1.82) is 0 Å². The molecule has 1 aromatic carbocycles. The molecule has 1 aliphatic rings. The molecule has 6 heteroatoms.